The molecule has 0 bridgehead atoms. The zero-order valence-corrected chi connectivity index (χ0v) is 13.6. The van der Waals surface area contributed by atoms with E-state index in [-0.39, 0.29) is 5.41 Å². The van der Waals surface area contributed by atoms with Gasteiger partial charge in [0.05, 0.1) is 5.60 Å². The van der Waals surface area contributed by atoms with Gasteiger partial charge in [0, 0.05) is 12.8 Å². The van der Waals surface area contributed by atoms with Crippen molar-refractivity contribution in [3.63, 3.8) is 0 Å². The Labute approximate surface area is 128 Å². The normalized spacial score (nSPS) is 56.5. The number of hydrogen-bond donors (Lipinski definition) is 1. The van der Waals surface area contributed by atoms with Crippen molar-refractivity contribution in [3.05, 3.63) is 0 Å². The maximum absolute atomic E-state index is 11.8. The van der Waals surface area contributed by atoms with E-state index in [0.717, 1.165) is 49.4 Å². The van der Waals surface area contributed by atoms with Gasteiger partial charge in [0.2, 0.25) is 0 Å². The largest absolute Gasteiger partial charge is 0.390 e. The van der Waals surface area contributed by atoms with E-state index in [1.165, 1.54) is 32.1 Å². The summed E-state index contributed by atoms with van der Waals surface area (Å²) in [5.74, 6) is 4.43. The van der Waals surface area contributed by atoms with Gasteiger partial charge in [0.15, 0.2) is 0 Å². The summed E-state index contributed by atoms with van der Waals surface area (Å²) in [7, 11) is 0. The number of carbonyl (C=O) groups is 1. The number of Topliss-reactive ketones (excluding diaryl/α,β-unsaturated/α-hetero) is 1. The monoisotopic (exact) mass is 290 g/mol. The van der Waals surface area contributed by atoms with Crippen LogP contribution in [0.25, 0.3) is 0 Å². The summed E-state index contributed by atoms with van der Waals surface area (Å²) in [5, 5.41) is 10.9. The molecule has 4 rings (SSSR count). The molecule has 7 atom stereocenters. The highest BCUT2D eigenvalue weighted by atomic mass is 16.3. The molecule has 21 heavy (non-hydrogen) atoms. The standard InChI is InChI=1S/C19H30O2/c1-18-9-7-15-14-6-4-13(20)11-12(14)3-5-16(15)17(18)8-10-19(18,2)21/h12,14-17,21H,3-11H2,1-2H3/t12?,14-,15+,16+,17-,18-,19-/m0/s1. The lowest BCUT2D eigenvalue weighted by atomic mass is 9.49. The van der Waals surface area contributed by atoms with Crippen LogP contribution in [0.4, 0.5) is 0 Å². The van der Waals surface area contributed by atoms with Gasteiger partial charge in [-0.1, -0.05) is 6.92 Å². The van der Waals surface area contributed by atoms with E-state index >= 15 is 0 Å². The van der Waals surface area contributed by atoms with Crippen molar-refractivity contribution in [2.24, 2.45) is 35.0 Å². The molecule has 4 fully saturated rings. The van der Waals surface area contributed by atoms with E-state index in [4.69, 9.17) is 0 Å². The lowest BCUT2D eigenvalue weighted by Crippen LogP contribution is -2.52. The maximum atomic E-state index is 11.8. The third-order valence-corrected chi connectivity index (χ3v) is 8.33. The number of fused-ring (bicyclic) bond motifs is 5. The summed E-state index contributed by atoms with van der Waals surface area (Å²) >= 11 is 0. The minimum Gasteiger partial charge on any atom is -0.390 e. The van der Waals surface area contributed by atoms with Crippen LogP contribution in [0.15, 0.2) is 0 Å². The molecule has 1 unspecified atom stereocenters. The number of ketones is 1. The number of rotatable bonds is 0. The van der Waals surface area contributed by atoms with Gasteiger partial charge in [-0.25, -0.2) is 0 Å². The van der Waals surface area contributed by atoms with Crippen LogP contribution in [0.1, 0.15) is 71.6 Å². The Morgan fingerprint density at radius 2 is 1.76 bits per heavy atom. The molecule has 0 amide bonds. The maximum Gasteiger partial charge on any atom is 0.133 e. The summed E-state index contributed by atoms with van der Waals surface area (Å²) in [6.45, 7) is 4.44. The van der Waals surface area contributed by atoms with E-state index < -0.39 is 5.60 Å². The zero-order valence-electron chi connectivity index (χ0n) is 13.6. The Morgan fingerprint density at radius 1 is 0.952 bits per heavy atom. The third kappa shape index (κ3) is 1.90. The molecular weight excluding hydrogens is 260 g/mol. The van der Waals surface area contributed by atoms with Crippen molar-refractivity contribution in [2.75, 3.05) is 0 Å². The van der Waals surface area contributed by atoms with Crippen molar-refractivity contribution in [1.29, 1.82) is 0 Å². The van der Waals surface area contributed by atoms with Crippen LogP contribution < -0.4 is 0 Å². The molecule has 0 radical (unpaired) electrons. The second-order valence-corrected chi connectivity index (χ2v) is 8.99. The molecule has 4 aliphatic carbocycles. The first kappa shape index (κ1) is 14.2. The predicted molar refractivity (Wildman–Crippen MR) is 82.7 cm³/mol. The molecule has 2 heteroatoms. The molecule has 0 heterocycles. The molecule has 0 aliphatic heterocycles. The number of carbonyl (C=O) groups excluding carboxylic acids is 1. The van der Waals surface area contributed by atoms with Crippen LogP contribution in [-0.2, 0) is 4.79 Å². The highest BCUT2D eigenvalue weighted by Crippen LogP contribution is 2.65. The average molecular weight is 290 g/mol. The fourth-order valence-corrected chi connectivity index (χ4v) is 6.90. The quantitative estimate of drug-likeness (QED) is 0.733. The second-order valence-electron chi connectivity index (χ2n) is 8.99. The molecule has 2 nitrogen and oxygen atoms in total. The van der Waals surface area contributed by atoms with Gasteiger partial charge in [-0.15, -0.1) is 0 Å². The summed E-state index contributed by atoms with van der Waals surface area (Å²) < 4.78 is 0. The van der Waals surface area contributed by atoms with E-state index in [9.17, 15) is 9.90 Å². The molecule has 0 saturated heterocycles. The van der Waals surface area contributed by atoms with Gasteiger partial charge in [-0.05, 0) is 86.9 Å². The molecule has 1 N–H and O–H groups in total. The first-order chi connectivity index (χ1) is 9.92. The molecule has 0 aromatic rings. The third-order valence-electron chi connectivity index (χ3n) is 8.33. The summed E-state index contributed by atoms with van der Waals surface area (Å²) in [5.41, 5.74) is -0.312. The van der Waals surface area contributed by atoms with E-state index in [2.05, 4.69) is 13.8 Å². The van der Waals surface area contributed by atoms with Crippen LogP contribution in [0, 0.1) is 35.0 Å². The van der Waals surface area contributed by atoms with Crippen LogP contribution in [-0.4, -0.2) is 16.5 Å². The molecule has 4 saturated carbocycles. The average Bonchev–Trinajstić information content (AvgIpc) is 2.69. The Bertz CT molecular complexity index is 454. The molecule has 118 valence electrons. The summed E-state index contributed by atoms with van der Waals surface area (Å²) in [6, 6.07) is 0. The van der Waals surface area contributed by atoms with Crippen molar-refractivity contribution in [2.45, 2.75) is 77.2 Å². The lowest BCUT2D eigenvalue weighted by Gasteiger charge is -2.56. The van der Waals surface area contributed by atoms with Crippen molar-refractivity contribution in [1.82, 2.24) is 0 Å². The Balaban J connectivity index is 1.60. The van der Waals surface area contributed by atoms with Gasteiger partial charge in [0.1, 0.15) is 5.78 Å². The first-order valence-corrected chi connectivity index (χ1v) is 9.16. The van der Waals surface area contributed by atoms with Crippen molar-refractivity contribution in [3.8, 4) is 0 Å². The molecule has 0 aromatic carbocycles. The Hall–Kier alpha value is -0.370. The minimum atomic E-state index is -0.456. The van der Waals surface area contributed by atoms with Crippen LogP contribution in [0.2, 0.25) is 0 Å². The second kappa shape index (κ2) is 4.57. The smallest absolute Gasteiger partial charge is 0.133 e. The lowest BCUT2D eigenvalue weighted by molar-refractivity contribution is -0.134. The van der Waals surface area contributed by atoms with Crippen molar-refractivity contribution >= 4 is 5.78 Å². The van der Waals surface area contributed by atoms with Crippen LogP contribution in [0.3, 0.4) is 0 Å². The molecular formula is C19H30O2. The molecule has 0 spiro atoms. The van der Waals surface area contributed by atoms with Crippen LogP contribution >= 0.6 is 0 Å². The van der Waals surface area contributed by atoms with Crippen molar-refractivity contribution < 1.29 is 9.90 Å². The molecule has 4 aliphatic rings. The fraction of sp³-hybridized carbons (Fsp3) is 0.947. The summed E-state index contributed by atoms with van der Waals surface area (Å²) in [4.78, 5) is 11.8. The minimum absolute atomic E-state index is 0.144. The van der Waals surface area contributed by atoms with Gasteiger partial charge >= 0.3 is 0 Å². The van der Waals surface area contributed by atoms with Gasteiger partial charge < -0.3 is 5.11 Å². The van der Waals surface area contributed by atoms with Gasteiger partial charge in [0.25, 0.3) is 0 Å². The summed E-state index contributed by atoms with van der Waals surface area (Å²) in [6.07, 6.45) is 10.2. The van der Waals surface area contributed by atoms with E-state index in [1.54, 1.807) is 0 Å². The highest BCUT2D eigenvalue weighted by molar-refractivity contribution is 5.79. The van der Waals surface area contributed by atoms with E-state index in [1.807, 2.05) is 0 Å². The van der Waals surface area contributed by atoms with Gasteiger partial charge in [-0.2, -0.15) is 0 Å². The first-order valence-electron chi connectivity index (χ1n) is 9.16. The SMILES string of the molecule is C[C@]1(O)CC[C@H]2[C@@H]3CCC4CC(=O)CC[C@@H]4[C@H]3CC[C@@]21C. The van der Waals surface area contributed by atoms with E-state index in [0.29, 0.717) is 11.7 Å². The molecule has 0 aromatic heterocycles. The highest BCUT2D eigenvalue weighted by Gasteiger charge is 2.60. The van der Waals surface area contributed by atoms with Gasteiger partial charge in [-0.3, -0.25) is 4.79 Å². The van der Waals surface area contributed by atoms with Crippen LogP contribution in [0.5, 0.6) is 0 Å². The Morgan fingerprint density at radius 3 is 2.57 bits per heavy atom. The number of aliphatic hydroxyl groups is 1. The fourth-order valence-electron chi connectivity index (χ4n) is 6.90. The topological polar surface area (TPSA) is 37.3 Å². The number of hydrogen-bond acceptors (Lipinski definition) is 2. The zero-order chi connectivity index (χ0) is 14.8. The Kier molecular flexibility index (Phi) is 3.10. The predicted octanol–water partition coefficient (Wildman–Crippen LogP) is 3.96.